The first-order chi connectivity index (χ1) is 21.3. The Morgan fingerprint density at radius 2 is 1.86 bits per heavy atom. The zero-order valence-corrected chi connectivity index (χ0v) is 26.0. The van der Waals surface area contributed by atoms with Crippen molar-refractivity contribution in [1.29, 1.82) is 0 Å². The van der Waals surface area contributed by atoms with E-state index in [1.807, 2.05) is 54.4 Å². The first-order valence-corrected chi connectivity index (χ1v) is 16.3. The Hall–Kier alpha value is -4.12. The standard InChI is InChI=1S/C33H36N6O4S/c1-19(2)31-35-36-32(44-31)21-10-12-24(13-11-21)42-27-16-22(8-9-23(27)17-39-14-4-5-28(39)40)29-34-30(43-37-29)26-18-38(3)33(41)25(26)15-20-6-7-20/h8-13,16,19-20,25-26H,4-7,14-15,17-18H2,1-3H3. The van der Waals surface area contributed by atoms with Crippen molar-refractivity contribution >= 4 is 23.2 Å². The lowest BCUT2D eigenvalue weighted by molar-refractivity contribution is -0.130. The maximum Gasteiger partial charge on any atom is 0.232 e. The lowest BCUT2D eigenvalue weighted by Gasteiger charge is -2.19. The average molecular weight is 613 g/mol. The molecule has 3 aliphatic rings. The van der Waals surface area contributed by atoms with Crippen LogP contribution < -0.4 is 4.74 Å². The second-order valence-electron chi connectivity index (χ2n) is 12.5. The summed E-state index contributed by atoms with van der Waals surface area (Å²) in [4.78, 5) is 33.7. The molecule has 44 heavy (non-hydrogen) atoms. The molecule has 0 bridgehead atoms. The van der Waals surface area contributed by atoms with Crippen molar-refractivity contribution in [2.45, 2.75) is 64.3 Å². The highest BCUT2D eigenvalue weighted by molar-refractivity contribution is 7.14. The second kappa shape index (κ2) is 11.8. The summed E-state index contributed by atoms with van der Waals surface area (Å²) in [5, 5.41) is 14.9. The molecule has 1 saturated carbocycles. The van der Waals surface area contributed by atoms with Crippen molar-refractivity contribution in [3.05, 3.63) is 58.9 Å². The zero-order valence-electron chi connectivity index (χ0n) is 25.2. The molecule has 4 aromatic rings. The van der Waals surface area contributed by atoms with Crippen LogP contribution in [0.3, 0.4) is 0 Å². The van der Waals surface area contributed by atoms with E-state index in [1.54, 1.807) is 16.2 Å². The molecule has 0 radical (unpaired) electrons. The monoisotopic (exact) mass is 612 g/mol. The van der Waals surface area contributed by atoms with Gasteiger partial charge in [-0.25, -0.2) is 0 Å². The van der Waals surface area contributed by atoms with Crippen molar-refractivity contribution in [1.82, 2.24) is 30.1 Å². The van der Waals surface area contributed by atoms with Crippen LogP contribution >= 0.6 is 11.3 Å². The van der Waals surface area contributed by atoms with E-state index in [-0.39, 0.29) is 23.7 Å². The predicted molar refractivity (Wildman–Crippen MR) is 165 cm³/mol. The van der Waals surface area contributed by atoms with Crippen molar-refractivity contribution in [3.8, 4) is 33.5 Å². The molecule has 11 heteroatoms. The van der Waals surface area contributed by atoms with Crippen LogP contribution in [0.25, 0.3) is 22.0 Å². The largest absolute Gasteiger partial charge is 0.457 e. The number of aromatic nitrogens is 4. The molecular formula is C33H36N6O4S. The summed E-state index contributed by atoms with van der Waals surface area (Å²) in [6.45, 7) is 6.00. The summed E-state index contributed by atoms with van der Waals surface area (Å²) in [5.41, 5.74) is 2.62. The lowest BCUT2D eigenvalue weighted by atomic mass is 9.90. The van der Waals surface area contributed by atoms with E-state index in [9.17, 15) is 9.59 Å². The van der Waals surface area contributed by atoms with Crippen molar-refractivity contribution in [3.63, 3.8) is 0 Å². The highest BCUT2D eigenvalue weighted by atomic mass is 32.1. The number of hydrogen-bond donors (Lipinski definition) is 0. The van der Waals surface area contributed by atoms with Gasteiger partial charge >= 0.3 is 0 Å². The summed E-state index contributed by atoms with van der Waals surface area (Å²) in [5.74, 6) is 3.31. The smallest absolute Gasteiger partial charge is 0.232 e. The molecule has 2 atom stereocenters. The number of nitrogens with zero attached hydrogens (tertiary/aromatic N) is 6. The molecule has 2 aliphatic heterocycles. The number of likely N-dealkylation sites (tertiary alicyclic amines) is 2. The molecule has 0 spiro atoms. The fraction of sp³-hybridized carbons (Fsp3) is 0.455. The van der Waals surface area contributed by atoms with Gasteiger partial charge in [0.15, 0.2) is 0 Å². The molecule has 1 aliphatic carbocycles. The van der Waals surface area contributed by atoms with Crippen LogP contribution in [0, 0.1) is 11.8 Å². The Morgan fingerprint density at radius 1 is 1.07 bits per heavy atom. The van der Waals surface area contributed by atoms with E-state index in [0.29, 0.717) is 54.6 Å². The molecular weight excluding hydrogens is 576 g/mol. The number of carbonyl (C=O) groups is 2. The highest BCUT2D eigenvalue weighted by Crippen LogP contribution is 2.43. The van der Waals surface area contributed by atoms with E-state index >= 15 is 0 Å². The molecule has 2 amide bonds. The average Bonchev–Trinajstić information content (AvgIpc) is 3.37. The van der Waals surface area contributed by atoms with Gasteiger partial charge in [-0.15, -0.1) is 10.2 Å². The molecule has 2 saturated heterocycles. The number of rotatable bonds is 10. The summed E-state index contributed by atoms with van der Waals surface area (Å²) >= 11 is 1.60. The van der Waals surface area contributed by atoms with Crippen molar-refractivity contribution in [2.24, 2.45) is 11.8 Å². The van der Waals surface area contributed by atoms with Crippen LogP contribution in [0.5, 0.6) is 11.5 Å². The number of amides is 2. The summed E-state index contributed by atoms with van der Waals surface area (Å²) < 4.78 is 12.2. The minimum absolute atomic E-state index is 0.103. The van der Waals surface area contributed by atoms with Crippen LogP contribution in [0.4, 0.5) is 0 Å². The van der Waals surface area contributed by atoms with Gasteiger partial charge in [0.1, 0.15) is 21.5 Å². The molecule has 7 rings (SSSR count). The summed E-state index contributed by atoms with van der Waals surface area (Å²) in [6.07, 6.45) is 4.70. The fourth-order valence-electron chi connectivity index (χ4n) is 6.07. The van der Waals surface area contributed by atoms with Gasteiger partial charge < -0.3 is 19.1 Å². The molecule has 4 heterocycles. The zero-order chi connectivity index (χ0) is 30.4. The molecule has 2 unspecified atom stereocenters. The normalized spacial score (nSPS) is 20.4. The first-order valence-electron chi connectivity index (χ1n) is 15.4. The van der Waals surface area contributed by atoms with Gasteiger partial charge in [0.05, 0.1) is 11.8 Å². The molecule has 228 valence electrons. The van der Waals surface area contributed by atoms with Gasteiger partial charge in [-0.2, -0.15) is 4.98 Å². The minimum Gasteiger partial charge on any atom is -0.457 e. The van der Waals surface area contributed by atoms with E-state index < -0.39 is 0 Å². The van der Waals surface area contributed by atoms with Crippen LogP contribution in [0.2, 0.25) is 0 Å². The number of likely N-dealkylation sites (N-methyl/N-ethyl adjacent to an activating group) is 1. The van der Waals surface area contributed by atoms with Gasteiger partial charge in [-0.3, -0.25) is 9.59 Å². The van der Waals surface area contributed by atoms with E-state index in [1.165, 1.54) is 12.8 Å². The van der Waals surface area contributed by atoms with Gasteiger partial charge in [-0.1, -0.05) is 55.3 Å². The third kappa shape index (κ3) is 5.85. The SMILES string of the molecule is CC(C)c1nnc(-c2ccc(Oc3cc(-c4noc(C5CN(C)C(=O)C5CC5CC5)n4)ccc3CN3CCCC3=O)cc2)s1. The molecule has 3 fully saturated rings. The topological polar surface area (TPSA) is 115 Å². The van der Waals surface area contributed by atoms with E-state index in [0.717, 1.165) is 46.1 Å². The molecule has 10 nitrogen and oxygen atoms in total. The van der Waals surface area contributed by atoms with Gasteiger partial charge in [0, 0.05) is 55.7 Å². The second-order valence-corrected chi connectivity index (χ2v) is 13.5. The van der Waals surface area contributed by atoms with Gasteiger partial charge in [-0.05, 0) is 49.1 Å². The van der Waals surface area contributed by atoms with Crippen LogP contribution in [-0.2, 0) is 16.1 Å². The maximum atomic E-state index is 12.9. The fourth-order valence-corrected chi connectivity index (χ4v) is 6.92. The Labute approximate surface area is 260 Å². The van der Waals surface area contributed by atoms with Crippen molar-refractivity contribution < 1.29 is 18.8 Å². The Kier molecular flexibility index (Phi) is 7.65. The number of benzene rings is 2. The number of hydrogen-bond acceptors (Lipinski definition) is 9. The molecule has 2 aromatic carbocycles. The maximum absolute atomic E-state index is 12.9. The van der Waals surface area contributed by atoms with Crippen LogP contribution in [0.15, 0.2) is 47.0 Å². The number of carbonyl (C=O) groups excluding carboxylic acids is 2. The Morgan fingerprint density at radius 3 is 2.57 bits per heavy atom. The van der Waals surface area contributed by atoms with E-state index in [2.05, 4.69) is 29.2 Å². The minimum atomic E-state index is -0.111. The van der Waals surface area contributed by atoms with Crippen LogP contribution in [0.1, 0.15) is 74.2 Å². The first kappa shape index (κ1) is 28.6. The third-order valence-electron chi connectivity index (χ3n) is 8.81. The van der Waals surface area contributed by atoms with Crippen LogP contribution in [-0.4, -0.2) is 62.1 Å². The number of ether oxygens (including phenoxy) is 1. The van der Waals surface area contributed by atoms with Gasteiger partial charge in [0.25, 0.3) is 0 Å². The molecule has 2 aromatic heterocycles. The van der Waals surface area contributed by atoms with Gasteiger partial charge in [0.2, 0.25) is 23.5 Å². The third-order valence-corrected chi connectivity index (χ3v) is 10.1. The Bertz CT molecular complexity index is 1680. The predicted octanol–water partition coefficient (Wildman–Crippen LogP) is 6.27. The van der Waals surface area contributed by atoms with Crippen molar-refractivity contribution in [2.75, 3.05) is 20.1 Å². The summed E-state index contributed by atoms with van der Waals surface area (Å²) in [6, 6.07) is 13.6. The Balaban J connectivity index is 1.15. The van der Waals surface area contributed by atoms with E-state index in [4.69, 9.17) is 14.2 Å². The molecule has 0 N–H and O–H groups in total. The highest BCUT2D eigenvalue weighted by Gasteiger charge is 2.45. The quantitative estimate of drug-likeness (QED) is 0.206. The lowest BCUT2D eigenvalue weighted by Crippen LogP contribution is -2.24. The summed E-state index contributed by atoms with van der Waals surface area (Å²) in [7, 11) is 1.84.